The SMILES string of the molecule is CCc1cc(C(Nc2ccc3c(N)nccc3c2)c2nc(-c3ccccc3)nn2C)c(F)cc1OC(C)C. The van der Waals surface area contributed by atoms with Gasteiger partial charge in [0.25, 0.3) is 0 Å². The van der Waals surface area contributed by atoms with Crippen LogP contribution in [0, 0.1) is 5.82 Å². The molecule has 7 nitrogen and oxygen atoms in total. The molecule has 2 heterocycles. The van der Waals surface area contributed by atoms with Crippen LogP contribution in [0.3, 0.4) is 0 Å². The highest BCUT2D eigenvalue weighted by Crippen LogP contribution is 2.34. The third-order valence-corrected chi connectivity index (χ3v) is 6.43. The fourth-order valence-electron chi connectivity index (χ4n) is 4.58. The molecular formula is C30H31FN6O. The number of halogens is 1. The van der Waals surface area contributed by atoms with Gasteiger partial charge in [0.1, 0.15) is 23.4 Å². The van der Waals surface area contributed by atoms with Gasteiger partial charge >= 0.3 is 0 Å². The largest absolute Gasteiger partial charge is 0.491 e. The summed E-state index contributed by atoms with van der Waals surface area (Å²) in [6.45, 7) is 5.90. The average molecular weight is 511 g/mol. The number of hydrogen-bond donors (Lipinski definition) is 2. The first kappa shape index (κ1) is 25.2. The van der Waals surface area contributed by atoms with Crippen molar-refractivity contribution < 1.29 is 9.13 Å². The lowest BCUT2D eigenvalue weighted by Crippen LogP contribution is -2.19. The van der Waals surface area contributed by atoms with E-state index in [1.165, 1.54) is 6.07 Å². The van der Waals surface area contributed by atoms with Crippen molar-refractivity contribution in [2.45, 2.75) is 39.3 Å². The van der Waals surface area contributed by atoms with Crippen LogP contribution in [0.1, 0.15) is 43.8 Å². The van der Waals surface area contributed by atoms with Gasteiger partial charge < -0.3 is 15.8 Å². The molecule has 5 aromatic rings. The summed E-state index contributed by atoms with van der Waals surface area (Å²) in [7, 11) is 1.82. The molecule has 0 radical (unpaired) electrons. The third-order valence-electron chi connectivity index (χ3n) is 6.43. The summed E-state index contributed by atoms with van der Waals surface area (Å²) in [6, 6.07) is 20.2. The van der Waals surface area contributed by atoms with Crippen LogP contribution in [0.2, 0.25) is 0 Å². The summed E-state index contributed by atoms with van der Waals surface area (Å²) in [5, 5.41) is 9.96. The molecule has 0 spiro atoms. The van der Waals surface area contributed by atoms with Gasteiger partial charge in [0.15, 0.2) is 11.6 Å². The van der Waals surface area contributed by atoms with Gasteiger partial charge in [0.05, 0.1) is 6.10 Å². The van der Waals surface area contributed by atoms with E-state index in [4.69, 9.17) is 15.5 Å². The van der Waals surface area contributed by atoms with E-state index < -0.39 is 6.04 Å². The van der Waals surface area contributed by atoms with E-state index >= 15 is 4.39 Å². The number of aryl methyl sites for hydroxylation is 2. The maximum Gasteiger partial charge on any atom is 0.181 e. The Morgan fingerprint density at radius 1 is 1.05 bits per heavy atom. The maximum absolute atomic E-state index is 15.8. The molecule has 0 saturated carbocycles. The smallest absolute Gasteiger partial charge is 0.181 e. The van der Waals surface area contributed by atoms with Crippen molar-refractivity contribution in [3.05, 3.63) is 95.7 Å². The maximum atomic E-state index is 15.8. The Hall–Kier alpha value is -4.46. The van der Waals surface area contributed by atoms with E-state index in [1.807, 2.05) is 88.5 Å². The van der Waals surface area contributed by atoms with Gasteiger partial charge in [0.2, 0.25) is 0 Å². The van der Waals surface area contributed by atoms with E-state index in [2.05, 4.69) is 15.4 Å². The molecule has 0 aliphatic rings. The second kappa shape index (κ2) is 10.5. The number of ether oxygens (including phenoxy) is 1. The minimum Gasteiger partial charge on any atom is -0.491 e. The molecule has 2 aromatic heterocycles. The molecule has 0 saturated heterocycles. The van der Waals surface area contributed by atoms with Crippen LogP contribution in [0.15, 0.2) is 72.9 Å². The van der Waals surface area contributed by atoms with Crippen LogP contribution in [0.5, 0.6) is 5.75 Å². The Balaban J connectivity index is 1.64. The zero-order valence-electron chi connectivity index (χ0n) is 21.9. The molecule has 0 bridgehead atoms. The lowest BCUT2D eigenvalue weighted by atomic mass is 9.99. The van der Waals surface area contributed by atoms with E-state index in [-0.39, 0.29) is 11.9 Å². The Morgan fingerprint density at radius 2 is 1.84 bits per heavy atom. The molecule has 1 unspecified atom stereocenters. The van der Waals surface area contributed by atoms with Crippen LogP contribution in [0.25, 0.3) is 22.2 Å². The zero-order chi connectivity index (χ0) is 26.8. The molecule has 3 N–H and O–H groups in total. The number of rotatable bonds is 8. The molecule has 38 heavy (non-hydrogen) atoms. The summed E-state index contributed by atoms with van der Waals surface area (Å²) in [4.78, 5) is 9.03. The number of hydrogen-bond acceptors (Lipinski definition) is 6. The Labute approximate surface area is 221 Å². The molecule has 0 aliphatic carbocycles. The normalized spacial score (nSPS) is 12.2. The number of benzene rings is 3. The highest BCUT2D eigenvalue weighted by atomic mass is 19.1. The van der Waals surface area contributed by atoms with Gasteiger partial charge in [-0.3, -0.25) is 4.68 Å². The first-order valence-corrected chi connectivity index (χ1v) is 12.7. The minimum atomic E-state index is -0.625. The van der Waals surface area contributed by atoms with E-state index in [0.717, 1.165) is 27.6 Å². The minimum absolute atomic E-state index is 0.0637. The van der Waals surface area contributed by atoms with Crippen LogP contribution in [-0.2, 0) is 13.5 Å². The summed E-state index contributed by atoms with van der Waals surface area (Å²) in [5.74, 6) is 1.79. The molecule has 194 valence electrons. The standard InChI is InChI=1S/C30H31FN6O/c1-5-19-16-24(25(31)17-26(19)38-18(2)3)27(30-35-29(36-37(30)4)20-9-7-6-8-10-20)34-22-11-12-23-21(15-22)13-14-33-28(23)32/h6-18,27,34H,5H2,1-4H3,(H2,32,33). The van der Waals surface area contributed by atoms with Crippen molar-refractivity contribution in [1.82, 2.24) is 19.7 Å². The Morgan fingerprint density at radius 3 is 2.58 bits per heavy atom. The van der Waals surface area contributed by atoms with Gasteiger partial charge in [-0.15, -0.1) is 0 Å². The highest BCUT2D eigenvalue weighted by Gasteiger charge is 2.26. The fraction of sp³-hybridized carbons (Fsp3) is 0.233. The number of nitrogens with two attached hydrogens (primary N) is 1. The topological polar surface area (TPSA) is 90.9 Å². The number of pyridine rings is 1. The van der Waals surface area contributed by atoms with Gasteiger partial charge in [-0.2, -0.15) is 5.10 Å². The van der Waals surface area contributed by atoms with Crippen molar-refractivity contribution in [2.75, 3.05) is 11.1 Å². The molecule has 5 rings (SSSR count). The molecule has 3 aromatic carbocycles. The lowest BCUT2D eigenvalue weighted by molar-refractivity contribution is 0.239. The Bertz CT molecular complexity index is 1580. The summed E-state index contributed by atoms with van der Waals surface area (Å²) >= 11 is 0. The van der Waals surface area contributed by atoms with Crippen molar-refractivity contribution in [3.8, 4) is 17.1 Å². The van der Waals surface area contributed by atoms with Crippen LogP contribution in [0.4, 0.5) is 15.9 Å². The summed E-state index contributed by atoms with van der Waals surface area (Å²) in [6.07, 6.45) is 2.30. The van der Waals surface area contributed by atoms with Crippen LogP contribution in [-0.4, -0.2) is 25.9 Å². The first-order valence-electron chi connectivity index (χ1n) is 12.7. The van der Waals surface area contributed by atoms with E-state index in [9.17, 15) is 0 Å². The molecule has 0 aliphatic heterocycles. The first-order chi connectivity index (χ1) is 18.3. The molecule has 8 heteroatoms. The zero-order valence-corrected chi connectivity index (χ0v) is 21.9. The Kier molecular flexibility index (Phi) is 6.96. The lowest BCUT2D eigenvalue weighted by Gasteiger charge is -2.23. The van der Waals surface area contributed by atoms with Crippen molar-refractivity contribution in [2.24, 2.45) is 7.05 Å². The van der Waals surface area contributed by atoms with Crippen LogP contribution < -0.4 is 15.8 Å². The molecule has 0 amide bonds. The van der Waals surface area contributed by atoms with Gasteiger partial charge in [-0.1, -0.05) is 37.3 Å². The molecule has 1 atom stereocenters. The number of nitrogens with one attached hydrogen (secondary N) is 1. The van der Waals surface area contributed by atoms with E-state index in [0.29, 0.717) is 35.2 Å². The highest BCUT2D eigenvalue weighted by molar-refractivity contribution is 5.92. The number of fused-ring (bicyclic) bond motifs is 1. The number of aromatic nitrogens is 4. The monoisotopic (exact) mass is 510 g/mol. The van der Waals surface area contributed by atoms with Gasteiger partial charge in [-0.05, 0) is 61.5 Å². The van der Waals surface area contributed by atoms with Crippen molar-refractivity contribution in [3.63, 3.8) is 0 Å². The summed E-state index contributed by atoms with van der Waals surface area (Å²) < 4.78 is 23.4. The molecule has 0 fully saturated rings. The third kappa shape index (κ3) is 5.02. The fourth-order valence-corrected chi connectivity index (χ4v) is 4.58. The average Bonchev–Trinajstić information content (AvgIpc) is 3.29. The van der Waals surface area contributed by atoms with Crippen molar-refractivity contribution >= 4 is 22.3 Å². The second-order valence-corrected chi connectivity index (χ2v) is 9.49. The molecular weight excluding hydrogens is 479 g/mol. The van der Waals surface area contributed by atoms with Gasteiger partial charge in [-0.25, -0.2) is 14.4 Å². The predicted molar refractivity (Wildman–Crippen MR) is 150 cm³/mol. The number of nitrogen functional groups attached to an aromatic ring is 1. The summed E-state index contributed by atoms with van der Waals surface area (Å²) in [5.41, 5.74) is 9.11. The van der Waals surface area contributed by atoms with Crippen LogP contribution >= 0.6 is 0 Å². The van der Waals surface area contributed by atoms with Gasteiger partial charge in [0, 0.05) is 41.5 Å². The predicted octanol–water partition coefficient (Wildman–Crippen LogP) is 6.30. The number of nitrogens with zero attached hydrogens (tertiary/aromatic N) is 4. The van der Waals surface area contributed by atoms with E-state index in [1.54, 1.807) is 10.9 Å². The quantitative estimate of drug-likeness (QED) is 0.254. The van der Waals surface area contributed by atoms with Crippen molar-refractivity contribution in [1.29, 1.82) is 0 Å². The second-order valence-electron chi connectivity index (χ2n) is 9.49. The number of anilines is 2.